The summed E-state index contributed by atoms with van der Waals surface area (Å²) in [5.74, 6) is -0.277. The van der Waals surface area contributed by atoms with E-state index in [1.54, 1.807) is 24.2 Å². The van der Waals surface area contributed by atoms with Gasteiger partial charge in [-0.25, -0.2) is 0 Å². The number of amides is 1. The molecule has 0 saturated heterocycles. The van der Waals surface area contributed by atoms with Crippen LogP contribution in [0.3, 0.4) is 0 Å². The molecule has 7 heteroatoms. The number of ether oxygens (including phenoxy) is 2. The van der Waals surface area contributed by atoms with Crippen LogP contribution in [0.2, 0.25) is 0 Å². The smallest absolute Gasteiger partial charge is 0.254 e. The van der Waals surface area contributed by atoms with Crippen molar-refractivity contribution >= 4 is 11.6 Å². The summed E-state index contributed by atoms with van der Waals surface area (Å²) in [6.07, 6.45) is 2.65. The molecule has 0 radical (unpaired) electrons. The van der Waals surface area contributed by atoms with Crippen molar-refractivity contribution in [3.63, 3.8) is 0 Å². The predicted molar refractivity (Wildman–Crippen MR) is 62.6 cm³/mol. The van der Waals surface area contributed by atoms with Gasteiger partial charge in [0.05, 0.1) is 25.0 Å². The number of carbonyl (C=O) groups is 1. The molecule has 1 amide bonds. The maximum absolute atomic E-state index is 11.6. The molecule has 3 N–H and O–H groups in total. The predicted octanol–water partition coefficient (Wildman–Crippen LogP) is -0.558. The second-order valence-electron chi connectivity index (χ2n) is 3.43. The number of nitrogens with two attached hydrogens (primary N) is 1. The largest absolute Gasteiger partial charge is 0.383 e. The highest BCUT2D eigenvalue weighted by Crippen LogP contribution is 2.05. The van der Waals surface area contributed by atoms with E-state index in [0.29, 0.717) is 18.8 Å². The molecule has 1 aromatic rings. The van der Waals surface area contributed by atoms with Crippen LogP contribution in [0, 0.1) is 0 Å². The fourth-order valence-corrected chi connectivity index (χ4v) is 1.27. The van der Waals surface area contributed by atoms with Crippen LogP contribution in [0.1, 0.15) is 0 Å². The molecule has 0 aromatic carbocycles. The Morgan fingerprint density at radius 3 is 3.00 bits per heavy atom. The number of methoxy groups -OCH3 is 2. The molecule has 0 spiro atoms. The number of hydrogen-bond acceptors (Lipinski definition) is 5. The van der Waals surface area contributed by atoms with Crippen molar-refractivity contribution in [3.05, 3.63) is 12.4 Å². The Hall–Kier alpha value is -1.44. The minimum Gasteiger partial charge on any atom is -0.383 e. The first-order chi connectivity index (χ1) is 8.21. The van der Waals surface area contributed by atoms with Gasteiger partial charge in [0.1, 0.15) is 6.10 Å². The highest BCUT2D eigenvalue weighted by molar-refractivity contribution is 5.94. The standard InChI is InChI=1S/C10H18N4O3/c1-16-4-3-14-7-8(6-12-14)13-10(15)9(5-11)17-2/h6-7,9H,3-5,11H2,1-2H3,(H,13,15). The van der Waals surface area contributed by atoms with Crippen LogP contribution in [0.4, 0.5) is 5.69 Å². The fourth-order valence-electron chi connectivity index (χ4n) is 1.27. The SMILES string of the molecule is COCCn1cc(NC(=O)C(CN)OC)cn1. The van der Waals surface area contributed by atoms with Gasteiger partial charge >= 0.3 is 0 Å². The molecule has 0 bridgehead atoms. The van der Waals surface area contributed by atoms with Crippen molar-refractivity contribution < 1.29 is 14.3 Å². The molecule has 0 aliphatic rings. The van der Waals surface area contributed by atoms with Crippen molar-refractivity contribution in [1.82, 2.24) is 9.78 Å². The number of anilines is 1. The second-order valence-corrected chi connectivity index (χ2v) is 3.43. The summed E-state index contributed by atoms with van der Waals surface area (Å²) in [6, 6.07) is 0. The zero-order chi connectivity index (χ0) is 12.7. The lowest BCUT2D eigenvalue weighted by molar-refractivity contribution is -0.125. The van der Waals surface area contributed by atoms with Gasteiger partial charge in [-0.15, -0.1) is 0 Å². The number of hydrogen-bond donors (Lipinski definition) is 2. The Kier molecular flexibility index (Phi) is 5.61. The first-order valence-electron chi connectivity index (χ1n) is 5.26. The van der Waals surface area contributed by atoms with Crippen LogP contribution in [-0.4, -0.2) is 49.2 Å². The van der Waals surface area contributed by atoms with Gasteiger partial charge in [-0.3, -0.25) is 9.48 Å². The lowest BCUT2D eigenvalue weighted by Gasteiger charge is -2.11. The summed E-state index contributed by atoms with van der Waals surface area (Å²) >= 11 is 0. The normalized spacial score (nSPS) is 12.4. The third-order valence-electron chi connectivity index (χ3n) is 2.22. The highest BCUT2D eigenvalue weighted by Gasteiger charge is 2.16. The Labute approximate surface area is 99.9 Å². The molecule has 1 unspecified atom stereocenters. The quantitative estimate of drug-likeness (QED) is 0.669. The van der Waals surface area contributed by atoms with E-state index < -0.39 is 6.10 Å². The summed E-state index contributed by atoms with van der Waals surface area (Å²) < 4.78 is 11.5. The molecule has 1 aromatic heterocycles. The lowest BCUT2D eigenvalue weighted by atomic mass is 10.3. The molecule has 0 fully saturated rings. The third-order valence-corrected chi connectivity index (χ3v) is 2.22. The molecule has 1 heterocycles. The fraction of sp³-hybridized carbons (Fsp3) is 0.600. The number of rotatable bonds is 7. The summed E-state index contributed by atoms with van der Waals surface area (Å²) in [4.78, 5) is 11.6. The van der Waals surface area contributed by atoms with Gasteiger partial charge in [-0.2, -0.15) is 5.10 Å². The Bertz CT molecular complexity index is 349. The van der Waals surface area contributed by atoms with Gasteiger partial charge < -0.3 is 20.5 Å². The average molecular weight is 242 g/mol. The molecule has 0 aliphatic carbocycles. The van der Waals surface area contributed by atoms with E-state index in [9.17, 15) is 4.79 Å². The van der Waals surface area contributed by atoms with E-state index in [2.05, 4.69) is 10.4 Å². The van der Waals surface area contributed by atoms with Crippen LogP contribution in [-0.2, 0) is 20.8 Å². The Morgan fingerprint density at radius 1 is 1.65 bits per heavy atom. The van der Waals surface area contributed by atoms with Gasteiger partial charge in [0.25, 0.3) is 5.91 Å². The maximum Gasteiger partial charge on any atom is 0.254 e. The topological polar surface area (TPSA) is 91.4 Å². The van der Waals surface area contributed by atoms with E-state index in [0.717, 1.165) is 0 Å². The van der Waals surface area contributed by atoms with Crippen molar-refractivity contribution in [2.45, 2.75) is 12.6 Å². The van der Waals surface area contributed by atoms with Gasteiger partial charge in [0.15, 0.2) is 0 Å². The van der Waals surface area contributed by atoms with Crippen LogP contribution in [0.25, 0.3) is 0 Å². The van der Waals surface area contributed by atoms with Crippen molar-refractivity contribution in [2.24, 2.45) is 5.73 Å². The molecule has 17 heavy (non-hydrogen) atoms. The maximum atomic E-state index is 11.6. The molecule has 1 atom stereocenters. The van der Waals surface area contributed by atoms with Gasteiger partial charge in [0.2, 0.25) is 0 Å². The van der Waals surface area contributed by atoms with E-state index in [-0.39, 0.29) is 12.5 Å². The average Bonchev–Trinajstić information content (AvgIpc) is 2.75. The highest BCUT2D eigenvalue weighted by atomic mass is 16.5. The van der Waals surface area contributed by atoms with Crippen LogP contribution in [0.5, 0.6) is 0 Å². The number of nitrogens with one attached hydrogen (secondary N) is 1. The van der Waals surface area contributed by atoms with Gasteiger partial charge in [-0.05, 0) is 0 Å². The Morgan fingerprint density at radius 2 is 2.41 bits per heavy atom. The number of nitrogens with zero attached hydrogens (tertiary/aromatic N) is 2. The van der Waals surface area contributed by atoms with Crippen molar-refractivity contribution in [1.29, 1.82) is 0 Å². The Balaban J connectivity index is 2.51. The van der Waals surface area contributed by atoms with Crippen molar-refractivity contribution in [3.8, 4) is 0 Å². The van der Waals surface area contributed by atoms with E-state index in [4.69, 9.17) is 15.2 Å². The minimum absolute atomic E-state index is 0.139. The molecular weight excluding hydrogens is 224 g/mol. The summed E-state index contributed by atoms with van der Waals surface area (Å²) in [5, 5.41) is 6.74. The molecular formula is C10H18N4O3. The molecule has 0 aliphatic heterocycles. The molecule has 1 rings (SSSR count). The minimum atomic E-state index is -0.641. The molecule has 0 saturated carbocycles. The summed E-state index contributed by atoms with van der Waals surface area (Å²) in [5.41, 5.74) is 6.00. The monoisotopic (exact) mass is 242 g/mol. The van der Waals surface area contributed by atoms with Crippen molar-refractivity contribution in [2.75, 3.05) is 32.7 Å². The van der Waals surface area contributed by atoms with Gasteiger partial charge in [0, 0.05) is 27.0 Å². The first-order valence-corrected chi connectivity index (χ1v) is 5.26. The van der Waals surface area contributed by atoms with Gasteiger partial charge in [-0.1, -0.05) is 0 Å². The summed E-state index contributed by atoms with van der Waals surface area (Å²) in [7, 11) is 3.07. The summed E-state index contributed by atoms with van der Waals surface area (Å²) in [6.45, 7) is 1.34. The zero-order valence-electron chi connectivity index (χ0n) is 10.0. The number of carbonyl (C=O) groups excluding carboxylic acids is 1. The van der Waals surface area contributed by atoms with Crippen LogP contribution < -0.4 is 11.1 Å². The molecule has 96 valence electrons. The third kappa shape index (κ3) is 4.14. The first kappa shape index (κ1) is 13.6. The number of aromatic nitrogens is 2. The van der Waals surface area contributed by atoms with E-state index >= 15 is 0 Å². The van der Waals surface area contributed by atoms with Crippen LogP contribution in [0.15, 0.2) is 12.4 Å². The second kappa shape index (κ2) is 7.00. The lowest BCUT2D eigenvalue weighted by Crippen LogP contribution is -2.35. The van der Waals surface area contributed by atoms with E-state index in [1.807, 2.05) is 0 Å². The van der Waals surface area contributed by atoms with Crippen LogP contribution >= 0.6 is 0 Å². The van der Waals surface area contributed by atoms with E-state index in [1.165, 1.54) is 7.11 Å². The zero-order valence-corrected chi connectivity index (χ0v) is 10.0. The molecule has 7 nitrogen and oxygen atoms in total.